The van der Waals surface area contributed by atoms with E-state index in [1.165, 1.54) is 7.11 Å². The van der Waals surface area contributed by atoms with Gasteiger partial charge in [0.25, 0.3) is 0 Å². The molecule has 1 aromatic carbocycles. The summed E-state index contributed by atoms with van der Waals surface area (Å²) in [5, 5.41) is 21.1. The second-order valence-electron chi connectivity index (χ2n) is 10.0. The second kappa shape index (κ2) is 23.8. The summed E-state index contributed by atoms with van der Waals surface area (Å²) in [6.45, 7) is 20.9. The lowest BCUT2D eigenvalue weighted by Gasteiger charge is -2.28. The molecule has 1 saturated heterocycles. The molecule has 0 amide bonds. The largest absolute Gasteiger partial charge is 0.494 e. The summed E-state index contributed by atoms with van der Waals surface area (Å²) in [5.74, 6) is 0.443. The summed E-state index contributed by atoms with van der Waals surface area (Å²) in [4.78, 5) is 16.8. The summed E-state index contributed by atoms with van der Waals surface area (Å²) in [7, 11) is 1.39. The minimum absolute atomic E-state index is 0.332. The average molecular weight is 565 g/mol. The summed E-state index contributed by atoms with van der Waals surface area (Å²) >= 11 is 0. The predicted octanol–water partition coefficient (Wildman–Crippen LogP) is -0.583. The highest BCUT2D eigenvalue weighted by Crippen LogP contribution is 2.13. The molecule has 0 radical (unpaired) electrons. The highest BCUT2D eigenvalue weighted by molar-refractivity contribution is 5.89. The molecule has 2 rings (SSSR count). The van der Waals surface area contributed by atoms with Gasteiger partial charge < -0.3 is 46.3 Å². The molecular formula is C29H56N8O3. The van der Waals surface area contributed by atoms with Crippen molar-refractivity contribution in [2.24, 2.45) is 0 Å². The highest BCUT2D eigenvalue weighted by atomic mass is 16.5. The van der Waals surface area contributed by atoms with Gasteiger partial charge in [0.1, 0.15) is 5.75 Å². The molecule has 1 heterocycles. The van der Waals surface area contributed by atoms with E-state index in [4.69, 9.17) is 9.47 Å². The molecule has 11 heteroatoms. The lowest BCUT2D eigenvalue weighted by Crippen LogP contribution is -2.44. The van der Waals surface area contributed by atoms with Crippen molar-refractivity contribution in [3.63, 3.8) is 0 Å². The summed E-state index contributed by atoms with van der Waals surface area (Å²) in [5.41, 5.74) is 0.533. The molecule has 1 aliphatic rings. The molecule has 0 aromatic heterocycles. The zero-order valence-corrected chi connectivity index (χ0v) is 25.1. The van der Waals surface area contributed by atoms with E-state index < -0.39 is 0 Å². The number of nitrogens with one attached hydrogen (secondary N) is 6. The lowest BCUT2D eigenvalue weighted by atomic mass is 10.2. The van der Waals surface area contributed by atoms with Gasteiger partial charge in [0.15, 0.2) is 0 Å². The van der Waals surface area contributed by atoms with Crippen LogP contribution in [0.1, 0.15) is 23.7 Å². The van der Waals surface area contributed by atoms with E-state index in [0.29, 0.717) is 12.2 Å². The Hall–Kier alpha value is -1.83. The highest BCUT2D eigenvalue weighted by Gasteiger charge is 2.11. The van der Waals surface area contributed by atoms with E-state index in [1.54, 1.807) is 12.1 Å². The number of esters is 1. The molecule has 0 aliphatic carbocycles. The van der Waals surface area contributed by atoms with Crippen LogP contribution in [-0.4, -0.2) is 147 Å². The zero-order chi connectivity index (χ0) is 28.5. The molecule has 0 spiro atoms. The van der Waals surface area contributed by atoms with E-state index >= 15 is 0 Å². The molecule has 11 nitrogen and oxygen atoms in total. The molecule has 0 bridgehead atoms. The fourth-order valence-electron chi connectivity index (χ4n) is 4.46. The molecule has 0 atom stereocenters. The van der Waals surface area contributed by atoms with Gasteiger partial charge in [-0.3, -0.25) is 4.90 Å². The third-order valence-electron chi connectivity index (χ3n) is 6.87. The van der Waals surface area contributed by atoms with Gasteiger partial charge >= 0.3 is 5.97 Å². The van der Waals surface area contributed by atoms with Crippen molar-refractivity contribution in [2.45, 2.75) is 13.3 Å². The first-order valence-corrected chi connectivity index (χ1v) is 15.2. The van der Waals surface area contributed by atoms with Crippen LogP contribution in [0.5, 0.6) is 5.75 Å². The topological polar surface area (TPSA) is 114 Å². The van der Waals surface area contributed by atoms with Gasteiger partial charge in [0, 0.05) is 111 Å². The van der Waals surface area contributed by atoms with Crippen LogP contribution >= 0.6 is 0 Å². The van der Waals surface area contributed by atoms with Crippen molar-refractivity contribution in [3.8, 4) is 5.75 Å². The number of likely N-dealkylation sites (N-methyl/N-ethyl adjacent to an activating group) is 1. The van der Waals surface area contributed by atoms with Crippen LogP contribution in [0.15, 0.2) is 24.3 Å². The summed E-state index contributed by atoms with van der Waals surface area (Å²) in [6, 6.07) is 7.14. The first-order chi connectivity index (χ1) is 19.7. The molecule has 0 saturated carbocycles. The Morgan fingerprint density at radius 3 is 1.88 bits per heavy atom. The quantitative estimate of drug-likeness (QED) is 0.137. The molecule has 1 aromatic rings. The van der Waals surface area contributed by atoms with Gasteiger partial charge in [-0.1, -0.05) is 6.92 Å². The first-order valence-electron chi connectivity index (χ1n) is 15.2. The van der Waals surface area contributed by atoms with Crippen LogP contribution in [0.25, 0.3) is 0 Å². The summed E-state index contributed by atoms with van der Waals surface area (Å²) < 4.78 is 10.7. The Bertz CT molecular complexity index is 740. The number of rotatable bonds is 13. The van der Waals surface area contributed by atoms with Crippen molar-refractivity contribution in [2.75, 3.05) is 132 Å². The van der Waals surface area contributed by atoms with E-state index in [1.807, 2.05) is 12.1 Å². The van der Waals surface area contributed by atoms with Crippen LogP contribution in [0.4, 0.5) is 0 Å². The third kappa shape index (κ3) is 17.1. The van der Waals surface area contributed by atoms with Crippen molar-refractivity contribution in [1.29, 1.82) is 0 Å². The van der Waals surface area contributed by atoms with Crippen LogP contribution < -0.4 is 36.6 Å². The number of benzene rings is 1. The maximum atomic E-state index is 11.6. The van der Waals surface area contributed by atoms with Crippen LogP contribution in [-0.2, 0) is 4.74 Å². The fraction of sp³-hybridized carbons (Fsp3) is 0.759. The van der Waals surface area contributed by atoms with E-state index in [-0.39, 0.29) is 5.97 Å². The Labute approximate surface area is 242 Å². The number of methoxy groups -OCH3 is 1. The Morgan fingerprint density at radius 1 is 0.750 bits per heavy atom. The lowest BCUT2D eigenvalue weighted by molar-refractivity contribution is 0.0600. The second-order valence-corrected chi connectivity index (χ2v) is 10.0. The Morgan fingerprint density at radius 2 is 1.30 bits per heavy atom. The first kappa shape index (κ1) is 34.4. The number of nitrogens with zero attached hydrogens (tertiary/aromatic N) is 2. The van der Waals surface area contributed by atoms with Gasteiger partial charge in [0.05, 0.1) is 19.3 Å². The maximum absolute atomic E-state index is 11.6. The standard InChI is InChI=1S/C29H56N8O3/c1-3-30-9-10-33-18-22-37-23-19-35-16-14-32-12-11-31-13-15-34-17-21-36(24-25-37)20-4-26-40-28-7-5-27(6-8-28)29(38)39-2/h5-8,30-35H,3-4,9-26H2,1-2H3. The smallest absolute Gasteiger partial charge is 0.337 e. The number of hydrogen-bond donors (Lipinski definition) is 6. The van der Waals surface area contributed by atoms with E-state index in [9.17, 15) is 4.79 Å². The maximum Gasteiger partial charge on any atom is 0.337 e. The normalized spacial score (nSPS) is 18.1. The molecule has 230 valence electrons. The van der Waals surface area contributed by atoms with Gasteiger partial charge in [-0.2, -0.15) is 0 Å². The van der Waals surface area contributed by atoms with E-state index in [2.05, 4.69) is 48.6 Å². The van der Waals surface area contributed by atoms with Crippen molar-refractivity contribution >= 4 is 5.97 Å². The van der Waals surface area contributed by atoms with Crippen LogP contribution in [0, 0.1) is 0 Å². The van der Waals surface area contributed by atoms with Crippen molar-refractivity contribution in [1.82, 2.24) is 41.7 Å². The Kier molecular flexibility index (Phi) is 20.5. The number of carbonyl (C=O) groups is 1. The molecule has 1 aliphatic heterocycles. The van der Waals surface area contributed by atoms with Gasteiger partial charge in [0.2, 0.25) is 0 Å². The van der Waals surface area contributed by atoms with Crippen LogP contribution in [0.3, 0.4) is 0 Å². The Balaban J connectivity index is 1.83. The minimum atomic E-state index is -0.332. The van der Waals surface area contributed by atoms with Gasteiger partial charge in [-0.15, -0.1) is 0 Å². The van der Waals surface area contributed by atoms with Crippen molar-refractivity contribution in [3.05, 3.63) is 29.8 Å². The molecule has 40 heavy (non-hydrogen) atoms. The number of carbonyl (C=O) groups excluding carboxylic acids is 1. The van der Waals surface area contributed by atoms with Crippen LogP contribution in [0.2, 0.25) is 0 Å². The van der Waals surface area contributed by atoms with Gasteiger partial charge in [-0.05, 0) is 37.2 Å². The SMILES string of the molecule is CCNCCNCCN1CCNCCNCCNCCNCCN(CCCOc2ccc(C(=O)OC)cc2)CC1. The zero-order valence-electron chi connectivity index (χ0n) is 25.1. The number of ether oxygens (including phenoxy) is 2. The molecule has 6 N–H and O–H groups in total. The molecule has 1 fully saturated rings. The third-order valence-corrected chi connectivity index (χ3v) is 6.87. The molecular weight excluding hydrogens is 508 g/mol. The monoisotopic (exact) mass is 564 g/mol. The van der Waals surface area contributed by atoms with Gasteiger partial charge in [-0.25, -0.2) is 4.79 Å². The van der Waals surface area contributed by atoms with Crippen molar-refractivity contribution < 1.29 is 14.3 Å². The average Bonchev–Trinajstić information content (AvgIpc) is 2.98. The predicted molar refractivity (Wildman–Crippen MR) is 164 cm³/mol. The van der Waals surface area contributed by atoms with E-state index in [0.717, 1.165) is 130 Å². The molecule has 0 unspecified atom stereocenters. The minimum Gasteiger partial charge on any atom is -0.494 e. The fourth-order valence-corrected chi connectivity index (χ4v) is 4.46. The number of hydrogen-bond acceptors (Lipinski definition) is 11. The summed E-state index contributed by atoms with van der Waals surface area (Å²) in [6.07, 6.45) is 0.945.